The van der Waals surface area contributed by atoms with Crippen LogP contribution in [0.1, 0.15) is 25.5 Å². The molecule has 0 bridgehead atoms. The van der Waals surface area contributed by atoms with E-state index in [1.54, 1.807) is 38.3 Å². The molecule has 6 heteroatoms. The maximum atomic E-state index is 11.0. The first kappa shape index (κ1) is 16.4. The number of aliphatic hydroxyl groups excluding tert-OH is 2. The molecule has 0 aliphatic carbocycles. The molecule has 1 rings (SSSR count). The van der Waals surface area contributed by atoms with Crippen LogP contribution in [0.3, 0.4) is 0 Å². The molecule has 0 spiro atoms. The molecule has 1 aromatic rings. The highest BCUT2D eigenvalue weighted by atomic mass is 16.5. The summed E-state index contributed by atoms with van der Waals surface area (Å²) >= 11 is 0. The summed E-state index contributed by atoms with van der Waals surface area (Å²) in [6.45, 7) is 3.05. The van der Waals surface area contributed by atoms with Gasteiger partial charge in [0.2, 0.25) is 0 Å². The first-order chi connectivity index (χ1) is 9.36. The summed E-state index contributed by atoms with van der Waals surface area (Å²) in [6, 6.07) is 5.19. The third-order valence-corrected chi connectivity index (χ3v) is 3.12. The van der Waals surface area contributed by atoms with Gasteiger partial charge in [-0.05, 0) is 31.5 Å². The van der Waals surface area contributed by atoms with Crippen LogP contribution in [0.4, 0.5) is 0 Å². The van der Waals surface area contributed by atoms with Crippen LogP contribution in [0.25, 0.3) is 0 Å². The number of aliphatic carboxylic acids is 1. The fourth-order valence-electron chi connectivity index (χ4n) is 1.88. The molecule has 6 nitrogen and oxygen atoms in total. The van der Waals surface area contributed by atoms with Crippen LogP contribution < -0.4 is 10.1 Å². The normalized spacial score (nSPS) is 17.1. The molecule has 0 heterocycles. The quantitative estimate of drug-likeness (QED) is 0.583. The van der Waals surface area contributed by atoms with Gasteiger partial charge in [-0.15, -0.1) is 0 Å². The number of carboxylic acid groups (broad SMARTS) is 1. The Balaban J connectivity index is 2.74. The second-order valence-corrected chi connectivity index (χ2v) is 4.73. The number of benzene rings is 1. The van der Waals surface area contributed by atoms with Crippen LogP contribution in [0.15, 0.2) is 24.3 Å². The van der Waals surface area contributed by atoms with Crippen molar-refractivity contribution in [2.75, 3.05) is 7.11 Å². The number of methoxy groups -OCH3 is 1. The van der Waals surface area contributed by atoms with E-state index in [1.165, 1.54) is 6.92 Å². The second-order valence-electron chi connectivity index (χ2n) is 4.73. The van der Waals surface area contributed by atoms with E-state index >= 15 is 0 Å². The van der Waals surface area contributed by atoms with Crippen molar-refractivity contribution in [3.8, 4) is 5.75 Å². The van der Waals surface area contributed by atoms with Crippen molar-refractivity contribution in [3.63, 3.8) is 0 Å². The van der Waals surface area contributed by atoms with Crippen molar-refractivity contribution >= 4 is 5.97 Å². The molecule has 0 aromatic heterocycles. The molecule has 0 saturated carbocycles. The van der Waals surface area contributed by atoms with Crippen LogP contribution in [-0.2, 0) is 4.79 Å². The van der Waals surface area contributed by atoms with Gasteiger partial charge in [0.1, 0.15) is 11.8 Å². The smallest absolute Gasteiger partial charge is 0.323 e. The summed E-state index contributed by atoms with van der Waals surface area (Å²) in [4.78, 5) is 11.0. The first-order valence-electron chi connectivity index (χ1n) is 6.35. The van der Waals surface area contributed by atoms with Crippen LogP contribution in [0.2, 0.25) is 0 Å². The van der Waals surface area contributed by atoms with Crippen LogP contribution in [-0.4, -0.2) is 46.6 Å². The zero-order valence-electron chi connectivity index (χ0n) is 11.8. The van der Waals surface area contributed by atoms with Gasteiger partial charge in [0, 0.05) is 6.04 Å². The van der Waals surface area contributed by atoms with Crippen molar-refractivity contribution in [3.05, 3.63) is 29.8 Å². The zero-order chi connectivity index (χ0) is 15.3. The maximum absolute atomic E-state index is 11.0. The van der Waals surface area contributed by atoms with Gasteiger partial charge in [-0.25, -0.2) is 0 Å². The highest BCUT2D eigenvalue weighted by molar-refractivity contribution is 5.74. The van der Waals surface area contributed by atoms with Gasteiger partial charge in [0.05, 0.1) is 19.3 Å². The van der Waals surface area contributed by atoms with Crippen molar-refractivity contribution < 1.29 is 24.9 Å². The predicted molar refractivity (Wildman–Crippen MR) is 73.7 cm³/mol. The second kappa shape index (κ2) is 7.23. The Labute approximate surface area is 118 Å². The molecular formula is C14H21NO5. The average Bonchev–Trinajstić information content (AvgIpc) is 2.43. The molecule has 20 heavy (non-hydrogen) atoms. The highest BCUT2D eigenvalue weighted by Gasteiger charge is 2.27. The molecular weight excluding hydrogens is 262 g/mol. The largest absolute Gasteiger partial charge is 0.497 e. The minimum atomic E-state index is -1.16. The molecule has 0 fully saturated rings. The SMILES string of the molecule is COc1ccc(C(O)C(C)NC(C(=O)O)C(C)O)cc1. The maximum Gasteiger partial charge on any atom is 0.323 e. The molecule has 4 N–H and O–H groups in total. The van der Waals surface area contributed by atoms with Gasteiger partial charge >= 0.3 is 5.97 Å². The molecule has 0 aliphatic heterocycles. The van der Waals surface area contributed by atoms with Crippen LogP contribution in [0, 0.1) is 0 Å². The lowest BCUT2D eigenvalue weighted by atomic mass is 10.0. The first-order valence-corrected chi connectivity index (χ1v) is 6.35. The number of hydrogen-bond donors (Lipinski definition) is 4. The minimum Gasteiger partial charge on any atom is -0.497 e. The average molecular weight is 283 g/mol. The van der Waals surface area contributed by atoms with Gasteiger partial charge < -0.3 is 20.1 Å². The molecule has 1 aromatic carbocycles. The lowest BCUT2D eigenvalue weighted by molar-refractivity contribution is -0.142. The van der Waals surface area contributed by atoms with Crippen molar-refractivity contribution in [1.29, 1.82) is 0 Å². The van der Waals surface area contributed by atoms with E-state index in [0.717, 1.165) is 0 Å². The Morgan fingerprint density at radius 3 is 2.15 bits per heavy atom. The molecule has 112 valence electrons. The highest BCUT2D eigenvalue weighted by Crippen LogP contribution is 2.20. The summed E-state index contributed by atoms with van der Waals surface area (Å²) < 4.78 is 5.03. The van der Waals surface area contributed by atoms with Gasteiger partial charge in [-0.1, -0.05) is 12.1 Å². The van der Waals surface area contributed by atoms with E-state index in [4.69, 9.17) is 9.84 Å². The van der Waals surface area contributed by atoms with Gasteiger partial charge in [-0.2, -0.15) is 0 Å². The molecule has 0 saturated heterocycles. The van der Waals surface area contributed by atoms with Gasteiger partial charge in [0.15, 0.2) is 0 Å². The Bertz CT molecular complexity index is 432. The van der Waals surface area contributed by atoms with E-state index in [1.807, 2.05) is 0 Å². The van der Waals surface area contributed by atoms with Crippen LogP contribution >= 0.6 is 0 Å². The van der Waals surface area contributed by atoms with Crippen LogP contribution in [0.5, 0.6) is 5.75 Å². The fourth-order valence-corrected chi connectivity index (χ4v) is 1.88. The standard InChI is InChI=1S/C14H21NO5/c1-8(15-12(9(2)16)14(18)19)13(17)10-4-6-11(20-3)7-5-10/h4-9,12-13,15-17H,1-3H3,(H,18,19). The number of ether oxygens (including phenoxy) is 1. The van der Waals surface area contributed by atoms with Crippen molar-refractivity contribution in [2.24, 2.45) is 0 Å². The number of aliphatic hydroxyl groups is 2. The minimum absolute atomic E-state index is 0.529. The topological polar surface area (TPSA) is 99.0 Å². The van der Waals surface area contributed by atoms with Gasteiger partial charge in [0.25, 0.3) is 0 Å². The molecule has 0 radical (unpaired) electrons. The van der Waals surface area contributed by atoms with E-state index in [-0.39, 0.29) is 0 Å². The summed E-state index contributed by atoms with van der Waals surface area (Å²) in [7, 11) is 1.55. The Morgan fingerprint density at radius 1 is 1.20 bits per heavy atom. The zero-order valence-corrected chi connectivity index (χ0v) is 11.8. The summed E-state index contributed by atoms with van der Waals surface area (Å²) in [5, 5.41) is 31.3. The van der Waals surface area contributed by atoms with Gasteiger partial charge in [-0.3, -0.25) is 10.1 Å². The Morgan fingerprint density at radius 2 is 1.75 bits per heavy atom. The summed E-state index contributed by atoms with van der Waals surface area (Å²) in [6.07, 6.45) is -1.94. The Kier molecular flexibility index (Phi) is 5.94. The predicted octanol–water partition coefficient (Wildman–Crippen LogP) is 0.541. The lowest BCUT2D eigenvalue weighted by Crippen LogP contribution is -2.50. The monoisotopic (exact) mass is 283 g/mol. The van der Waals surface area contributed by atoms with Crippen molar-refractivity contribution in [2.45, 2.75) is 38.1 Å². The summed E-state index contributed by atoms with van der Waals surface area (Å²) in [5.74, 6) is -0.484. The summed E-state index contributed by atoms with van der Waals surface area (Å²) in [5.41, 5.74) is 0.639. The molecule has 0 aliphatic rings. The number of carbonyl (C=O) groups is 1. The molecule has 4 atom stereocenters. The van der Waals surface area contributed by atoms with E-state index in [0.29, 0.717) is 11.3 Å². The van der Waals surface area contributed by atoms with Crippen molar-refractivity contribution in [1.82, 2.24) is 5.32 Å². The van der Waals surface area contributed by atoms with E-state index in [9.17, 15) is 15.0 Å². The number of nitrogens with one attached hydrogen (secondary N) is 1. The number of hydrogen-bond acceptors (Lipinski definition) is 5. The van der Waals surface area contributed by atoms with E-state index in [2.05, 4.69) is 5.32 Å². The third kappa shape index (κ3) is 4.19. The lowest BCUT2D eigenvalue weighted by Gasteiger charge is -2.26. The Hall–Kier alpha value is -1.63. The third-order valence-electron chi connectivity index (χ3n) is 3.12. The number of carboxylic acids is 1. The molecule has 0 amide bonds. The fraction of sp³-hybridized carbons (Fsp3) is 0.500. The van der Waals surface area contributed by atoms with E-state index < -0.39 is 30.3 Å². The molecule has 4 unspecified atom stereocenters. The number of rotatable bonds is 7.